The highest BCUT2D eigenvalue weighted by atomic mass is 32.1. The monoisotopic (exact) mass is 338 g/mol. The summed E-state index contributed by atoms with van der Waals surface area (Å²) in [7, 11) is 0. The minimum absolute atomic E-state index is 0.00931. The molecule has 2 aliphatic rings. The first-order valence-electron chi connectivity index (χ1n) is 8.58. The Hall–Kier alpha value is -2.07. The molecule has 0 saturated carbocycles. The molecule has 4 heteroatoms. The molecule has 24 heavy (non-hydrogen) atoms. The molecule has 0 saturated heterocycles. The van der Waals surface area contributed by atoms with Crippen LogP contribution in [0.3, 0.4) is 0 Å². The lowest BCUT2D eigenvalue weighted by Crippen LogP contribution is -2.29. The SMILES string of the molecule is CCNC(=O)c1ccc2c(c1)C1C=CCC1C(c1sccc1C)N2. The average molecular weight is 338 g/mol. The zero-order valence-electron chi connectivity index (χ0n) is 14.0. The number of rotatable bonds is 3. The van der Waals surface area contributed by atoms with E-state index < -0.39 is 0 Å². The Morgan fingerprint density at radius 3 is 3.00 bits per heavy atom. The van der Waals surface area contributed by atoms with Crippen molar-refractivity contribution in [2.45, 2.75) is 32.2 Å². The van der Waals surface area contributed by atoms with Gasteiger partial charge in [0.25, 0.3) is 5.91 Å². The number of benzene rings is 1. The third-order valence-corrected chi connectivity index (χ3v) is 6.25. The second kappa shape index (κ2) is 6.10. The van der Waals surface area contributed by atoms with Gasteiger partial charge in [0.1, 0.15) is 0 Å². The fraction of sp³-hybridized carbons (Fsp3) is 0.350. The third kappa shape index (κ3) is 2.46. The Labute approximate surface area is 146 Å². The highest BCUT2D eigenvalue weighted by Crippen LogP contribution is 2.51. The molecule has 1 aliphatic carbocycles. The zero-order chi connectivity index (χ0) is 16.7. The van der Waals surface area contributed by atoms with Crippen LogP contribution < -0.4 is 10.6 Å². The summed E-state index contributed by atoms with van der Waals surface area (Å²) in [5, 5.41) is 8.82. The summed E-state index contributed by atoms with van der Waals surface area (Å²) in [6, 6.07) is 8.62. The lowest BCUT2D eigenvalue weighted by atomic mass is 9.78. The highest BCUT2D eigenvalue weighted by molar-refractivity contribution is 7.10. The second-order valence-corrected chi connectivity index (χ2v) is 7.55. The van der Waals surface area contributed by atoms with Crippen LogP contribution in [0.1, 0.15) is 51.7 Å². The highest BCUT2D eigenvalue weighted by Gasteiger charge is 2.39. The topological polar surface area (TPSA) is 41.1 Å². The fourth-order valence-electron chi connectivity index (χ4n) is 3.96. The molecule has 2 aromatic rings. The van der Waals surface area contributed by atoms with Crippen LogP contribution >= 0.6 is 11.3 Å². The number of aryl methyl sites for hydroxylation is 1. The van der Waals surface area contributed by atoms with E-state index in [2.05, 4.69) is 53.3 Å². The molecule has 2 N–H and O–H groups in total. The van der Waals surface area contributed by atoms with E-state index in [1.165, 1.54) is 16.0 Å². The average Bonchev–Trinajstić information content (AvgIpc) is 3.23. The molecular formula is C20H22N2OS. The molecule has 2 heterocycles. The van der Waals surface area contributed by atoms with E-state index in [0.29, 0.717) is 24.4 Å². The minimum Gasteiger partial charge on any atom is -0.377 e. The van der Waals surface area contributed by atoms with Crippen LogP contribution in [0.15, 0.2) is 41.8 Å². The van der Waals surface area contributed by atoms with Gasteiger partial charge in [-0.1, -0.05) is 12.2 Å². The van der Waals surface area contributed by atoms with Crippen molar-refractivity contribution in [2.24, 2.45) is 5.92 Å². The second-order valence-electron chi connectivity index (χ2n) is 6.60. The Morgan fingerprint density at radius 1 is 1.38 bits per heavy atom. The summed E-state index contributed by atoms with van der Waals surface area (Å²) in [5.41, 5.74) is 4.53. The molecule has 0 radical (unpaired) electrons. The normalized spacial score (nSPS) is 24.2. The van der Waals surface area contributed by atoms with E-state index in [4.69, 9.17) is 0 Å². The first kappa shape index (κ1) is 15.5. The summed E-state index contributed by atoms with van der Waals surface area (Å²) < 4.78 is 0. The van der Waals surface area contributed by atoms with Crippen molar-refractivity contribution in [2.75, 3.05) is 11.9 Å². The number of hydrogen-bond acceptors (Lipinski definition) is 3. The van der Waals surface area contributed by atoms with Gasteiger partial charge in [0.05, 0.1) is 6.04 Å². The number of nitrogens with one attached hydrogen (secondary N) is 2. The first-order chi connectivity index (χ1) is 11.7. The van der Waals surface area contributed by atoms with Crippen molar-refractivity contribution < 1.29 is 4.79 Å². The standard InChI is InChI=1S/C20H22N2OS/c1-3-21-20(23)13-7-8-17-16(11-13)14-5-4-6-15(14)18(22-17)19-12(2)9-10-24-19/h4-5,7-11,14-15,18,22H,3,6H2,1-2H3,(H,21,23). The van der Waals surface area contributed by atoms with Gasteiger partial charge >= 0.3 is 0 Å². The van der Waals surface area contributed by atoms with E-state index in [1.807, 2.05) is 24.3 Å². The van der Waals surface area contributed by atoms with Crippen molar-refractivity contribution in [3.05, 3.63) is 63.4 Å². The van der Waals surface area contributed by atoms with Gasteiger partial charge < -0.3 is 10.6 Å². The first-order valence-corrected chi connectivity index (χ1v) is 9.46. The molecule has 0 fully saturated rings. The van der Waals surface area contributed by atoms with Gasteiger partial charge in [0.2, 0.25) is 0 Å². The number of fused-ring (bicyclic) bond motifs is 3. The number of hydrogen-bond donors (Lipinski definition) is 2. The summed E-state index contributed by atoms with van der Waals surface area (Å²) in [6.45, 7) is 4.79. The van der Waals surface area contributed by atoms with Gasteiger partial charge in [-0.15, -0.1) is 11.3 Å². The van der Waals surface area contributed by atoms with Crippen LogP contribution in [0.5, 0.6) is 0 Å². The molecule has 1 aromatic carbocycles. The molecule has 0 spiro atoms. The summed E-state index contributed by atoms with van der Waals surface area (Å²) >= 11 is 1.84. The molecule has 1 aliphatic heterocycles. The Morgan fingerprint density at radius 2 is 2.25 bits per heavy atom. The van der Waals surface area contributed by atoms with Gasteiger partial charge in [-0.05, 0) is 67.0 Å². The van der Waals surface area contributed by atoms with Crippen molar-refractivity contribution in [1.82, 2.24) is 5.32 Å². The van der Waals surface area contributed by atoms with Crippen molar-refractivity contribution in [3.8, 4) is 0 Å². The number of amides is 1. The Balaban J connectivity index is 1.73. The predicted molar refractivity (Wildman–Crippen MR) is 99.9 cm³/mol. The van der Waals surface area contributed by atoms with Crippen LogP contribution in [0.4, 0.5) is 5.69 Å². The smallest absolute Gasteiger partial charge is 0.251 e. The maximum atomic E-state index is 12.2. The van der Waals surface area contributed by atoms with Crippen LogP contribution in [0.2, 0.25) is 0 Å². The van der Waals surface area contributed by atoms with Crippen molar-refractivity contribution >= 4 is 22.9 Å². The van der Waals surface area contributed by atoms with E-state index in [9.17, 15) is 4.79 Å². The van der Waals surface area contributed by atoms with Gasteiger partial charge in [0, 0.05) is 28.6 Å². The summed E-state index contributed by atoms with van der Waals surface area (Å²) in [4.78, 5) is 13.6. The molecule has 0 bridgehead atoms. The quantitative estimate of drug-likeness (QED) is 0.801. The predicted octanol–water partition coefficient (Wildman–Crippen LogP) is 4.63. The van der Waals surface area contributed by atoms with E-state index in [1.54, 1.807) is 0 Å². The Kier molecular flexibility index (Phi) is 3.93. The maximum absolute atomic E-state index is 12.2. The minimum atomic E-state index is 0.00931. The number of carbonyl (C=O) groups excluding carboxylic acids is 1. The van der Waals surface area contributed by atoms with Crippen LogP contribution in [0, 0.1) is 12.8 Å². The lowest BCUT2D eigenvalue weighted by molar-refractivity contribution is 0.0955. The van der Waals surface area contributed by atoms with Crippen LogP contribution in [0.25, 0.3) is 0 Å². The third-order valence-electron chi connectivity index (χ3n) is 5.15. The largest absolute Gasteiger partial charge is 0.377 e. The van der Waals surface area contributed by atoms with E-state index in [-0.39, 0.29) is 5.91 Å². The molecule has 3 unspecified atom stereocenters. The molecule has 124 valence electrons. The van der Waals surface area contributed by atoms with Gasteiger partial charge in [-0.3, -0.25) is 4.79 Å². The molecule has 1 amide bonds. The van der Waals surface area contributed by atoms with Gasteiger partial charge in [0.15, 0.2) is 0 Å². The van der Waals surface area contributed by atoms with Gasteiger partial charge in [-0.2, -0.15) is 0 Å². The van der Waals surface area contributed by atoms with Crippen molar-refractivity contribution in [1.29, 1.82) is 0 Å². The van der Waals surface area contributed by atoms with Gasteiger partial charge in [-0.25, -0.2) is 0 Å². The molecular weight excluding hydrogens is 316 g/mol. The molecule has 1 aromatic heterocycles. The number of carbonyl (C=O) groups is 1. The number of allylic oxidation sites excluding steroid dienone is 2. The number of thiophene rings is 1. The van der Waals surface area contributed by atoms with Crippen LogP contribution in [-0.2, 0) is 0 Å². The fourth-order valence-corrected chi connectivity index (χ4v) is 5.01. The Bertz CT molecular complexity index is 808. The van der Waals surface area contributed by atoms with Crippen molar-refractivity contribution in [3.63, 3.8) is 0 Å². The lowest BCUT2D eigenvalue weighted by Gasteiger charge is -2.37. The molecule has 4 rings (SSSR count). The molecule has 3 nitrogen and oxygen atoms in total. The zero-order valence-corrected chi connectivity index (χ0v) is 14.8. The summed E-state index contributed by atoms with van der Waals surface area (Å²) in [6.07, 6.45) is 5.70. The molecule has 3 atom stereocenters. The van der Waals surface area contributed by atoms with E-state index in [0.717, 1.165) is 17.7 Å². The van der Waals surface area contributed by atoms with Crippen LogP contribution in [-0.4, -0.2) is 12.5 Å². The van der Waals surface area contributed by atoms with E-state index >= 15 is 0 Å². The summed E-state index contributed by atoms with van der Waals surface area (Å²) in [5.74, 6) is 0.927. The maximum Gasteiger partial charge on any atom is 0.251 e. The number of anilines is 1.